The van der Waals surface area contributed by atoms with Gasteiger partial charge < -0.3 is 14.8 Å². The van der Waals surface area contributed by atoms with Crippen LogP contribution in [0.15, 0.2) is 88.7 Å². The van der Waals surface area contributed by atoms with Gasteiger partial charge in [-0.3, -0.25) is 9.59 Å². The minimum absolute atomic E-state index is 0.0549. The molecular weight excluding hydrogens is 414 g/mol. The van der Waals surface area contributed by atoms with E-state index < -0.39 is 18.5 Å². The maximum absolute atomic E-state index is 12.2. The summed E-state index contributed by atoms with van der Waals surface area (Å²) in [6.07, 6.45) is 0. The van der Waals surface area contributed by atoms with Crippen molar-refractivity contribution in [3.8, 4) is 5.75 Å². The quantitative estimate of drug-likeness (QED) is 0.391. The second-order valence-electron chi connectivity index (χ2n) is 6.49. The second kappa shape index (κ2) is 11.0. The fourth-order valence-corrected chi connectivity index (χ4v) is 3.50. The third kappa shape index (κ3) is 7.01. The largest absolute Gasteiger partial charge is 0.482 e. The normalized spacial score (nSPS) is 10.2. The predicted molar refractivity (Wildman–Crippen MR) is 119 cm³/mol. The highest BCUT2D eigenvalue weighted by Gasteiger charge is 2.11. The molecule has 0 aliphatic heterocycles. The molecular formula is C24H21NO5S. The van der Waals surface area contributed by atoms with Crippen LogP contribution in [0, 0.1) is 0 Å². The molecule has 0 spiro atoms. The van der Waals surface area contributed by atoms with Crippen molar-refractivity contribution in [1.29, 1.82) is 0 Å². The zero-order valence-corrected chi connectivity index (χ0v) is 17.7. The summed E-state index contributed by atoms with van der Waals surface area (Å²) >= 11 is 1.53. The maximum Gasteiger partial charge on any atom is 0.344 e. The third-order valence-electron chi connectivity index (χ3n) is 4.11. The Balaban J connectivity index is 1.47. The number of para-hydroxylation sites is 1. The highest BCUT2D eigenvalue weighted by molar-refractivity contribution is 7.99. The van der Waals surface area contributed by atoms with Gasteiger partial charge in [0.15, 0.2) is 19.0 Å². The topological polar surface area (TPSA) is 81.7 Å². The number of ether oxygens (including phenoxy) is 2. The first-order valence-corrected chi connectivity index (χ1v) is 10.3. The molecule has 0 aromatic heterocycles. The van der Waals surface area contributed by atoms with Gasteiger partial charge in [-0.1, -0.05) is 42.1 Å². The fraction of sp³-hybridized carbons (Fsp3) is 0.125. The van der Waals surface area contributed by atoms with Crippen molar-refractivity contribution in [2.24, 2.45) is 0 Å². The Hall–Kier alpha value is -3.58. The summed E-state index contributed by atoms with van der Waals surface area (Å²) in [5.74, 6) is -0.739. The van der Waals surface area contributed by atoms with Crippen LogP contribution >= 0.6 is 11.8 Å². The van der Waals surface area contributed by atoms with Gasteiger partial charge in [-0.2, -0.15) is 0 Å². The first-order chi connectivity index (χ1) is 15.0. The molecule has 3 aromatic carbocycles. The van der Waals surface area contributed by atoms with E-state index in [0.29, 0.717) is 17.0 Å². The predicted octanol–water partition coefficient (Wildman–Crippen LogP) is 4.60. The lowest BCUT2D eigenvalue weighted by Crippen LogP contribution is -2.23. The fourth-order valence-electron chi connectivity index (χ4n) is 2.58. The van der Waals surface area contributed by atoms with E-state index in [0.717, 1.165) is 9.79 Å². The number of hydrogen-bond acceptors (Lipinski definition) is 6. The Morgan fingerprint density at radius 2 is 1.52 bits per heavy atom. The standard InChI is InChI=1S/C24H21NO5S/c1-17(26)18-11-13-19(14-12-18)29-16-24(28)30-15-23(27)25-21-9-5-6-10-22(21)31-20-7-3-2-4-8-20/h2-14H,15-16H2,1H3,(H,25,27). The molecule has 0 saturated carbocycles. The summed E-state index contributed by atoms with van der Waals surface area (Å²) in [5.41, 5.74) is 1.19. The van der Waals surface area contributed by atoms with Crippen molar-refractivity contribution in [1.82, 2.24) is 0 Å². The van der Waals surface area contributed by atoms with Crippen LogP contribution in [0.1, 0.15) is 17.3 Å². The van der Waals surface area contributed by atoms with Gasteiger partial charge in [-0.25, -0.2) is 4.79 Å². The van der Waals surface area contributed by atoms with Gasteiger partial charge in [0.05, 0.1) is 5.69 Å². The smallest absolute Gasteiger partial charge is 0.344 e. The van der Waals surface area contributed by atoms with E-state index in [1.54, 1.807) is 30.3 Å². The molecule has 0 aliphatic rings. The molecule has 158 valence electrons. The van der Waals surface area contributed by atoms with Crippen molar-refractivity contribution in [3.63, 3.8) is 0 Å². The number of amides is 1. The highest BCUT2D eigenvalue weighted by Crippen LogP contribution is 2.33. The van der Waals surface area contributed by atoms with E-state index in [1.165, 1.54) is 18.7 Å². The maximum atomic E-state index is 12.2. The van der Waals surface area contributed by atoms with Gasteiger partial charge in [-0.05, 0) is 55.5 Å². The van der Waals surface area contributed by atoms with Crippen LogP contribution in [0.2, 0.25) is 0 Å². The van der Waals surface area contributed by atoms with E-state index >= 15 is 0 Å². The molecule has 7 heteroatoms. The van der Waals surface area contributed by atoms with Gasteiger partial charge in [0.25, 0.3) is 5.91 Å². The lowest BCUT2D eigenvalue weighted by Gasteiger charge is -2.11. The van der Waals surface area contributed by atoms with Crippen LogP contribution in [0.3, 0.4) is 0 Å². The zero-order chi connectivity index (χ0) is 22.1. The van der Waals surface area contributed by atoms with E-state index in [4.69, 9.17) is 9.47 Å². The van der Waals surface area contributed by atoms with Crippen LogP contribution in [0.4, 0.5) is 5.69 Å². The summed E-state index contributed by atoms with van der Waals surface area (Å²) < 4.78 is 10.3. The minimum Gasteiger partial charge on any atom is -0.482 e. The summed E-state index contributed by atoms with van der Waals surface area (Å²) in [5, 5.41) is 2.77. The number of ketones is 1. The molecule has 0 atom stereocenters. The number of nitrogens with one attached hydrogen (secondary N) is 1. The summed E-state index contributed by atoms with van der Waals surface area (Å²) in [6.45, 7) is 0.708. The number of Topliss-reactive ketones (excluding diaryl/α,β-unsaturated/α-hetero) is 1. The van der Waals surface area contributed by atoms with Gasteiger partial charge in [-0.15, -0.1) is 0 Å². The average molecular weight is 436 g/mol. The molecule has 0 bridgehead atoms. The van der Waals surface area contributed by atoms with Crippen LogP contribution < -0.4 is 10.1 Å². The number of anilines is 1. The molecule has 0 radical (unpaired) electrons. The van der Waals surface area contributed by atoms with Crippen LogP contribution in [-0.4, -0.2) is 30.9 Å². The Morgan fingerprint density at radius 1 is 0.839 bits per heavy atom. The van der Waals surface area contributed by atoms with Crippen molar-refractivity contribution in [2.45, 2.75) is 16.7 Å². The molecule has 1 amide bonds. The lowest BCUT2D eigenvalue weighted by molar-refractivity contribution is -0.149. The Labute approximate surface area is 184 Å². The Kier molecular flexibility index (Phi) is 7.84. The highest BCUT2D eigenvalue weighted by atomic mass is 32.2. The molecule has 0 fully saturated rings. The average Bonchev–Trinajstić information content (AvgIpc) is 2.78. The Morgan fingerprint density at radius 3 is 2.23 bits per heavy atom. The summed E-state index contributed by atoms with van der Waals surface area (Å²) in [6, 6.07) is 23.6. The van der Waals surface area contributed by atoms with Crippen LogP contribution in [-0.2, 0) is 14.3 Å². The minimum atomic E-state index is -0.669. The number of carbonyl (C=O) groups is 3. The molecule has 3 rings (SSSR count). The molecule has 31 heavy (non-hydrogen) atoms. The van der Waals surface area contributed by atoms with Crippen molar-refractivity contribution in [3.05, 3.63) is 84.4 Å². The van der Waals surface area contributed by atoms with Crippen LogP contribution in [0.5, 0.6) is 5.75 Å². The molecule has 0 unspecified atom stereocenters. The van der Waals surface area contributed by atoms with E-state index in [2.05, 4.69) is 5.32 Å². The molecule has 1 N–H and O–H groups in total. The van der Waals surface area contributed by atoms with E-state index in [-0.39, 0.29) is 12.4 Å². The van der Waals surface area contributed by atoms with Crippen molar-refractivity contribution >= 4 is 35.1 Å². The van der Waals surface area contributed by atoms with Gasteiger partial charge in [0.1, 0.15) is 5.75 Å². The first-order valence-electron chi connectivity index (χ1n) is 9.52. The monoisotopic (exact) mass is 435 g/mol. The number of rotatable bonds is 9. The Bertz CT molecular complexity index is 1050. The second-order valence-corrected chi connectivity index (χ2v) is 7.60. The molecule has 0 heterocycles. The number of esters is 1. The molecule has 0 saturated heterocycles. The van der Waals surface area contributed by atoms with Crippen molar-refractivity contribution < 1.29 is 23.9 Å². The third-order valence-corrected chi connectivity index (χ3v) is 5.20. The molecule has 0 aliphatic carbocycles. The SMILES string of the molecule is CC(=O)c1ccc(OCC(=O)OCC(=O)Nc2ccccc2Sc2ccccc2)cc1. The molecule has 6 nitrogen and oxygen atoms in total. The lowest BCUT2D eigenvalue weighted by atomic mass is 10.1. The van der Waals surface area contributed by atoms with E-state index in [9.17, 15) is 14.4 Å². The van der Waals surface area contributed by atoms with E-state index in [1.807, 2.05) is 48.5 Å². The number of benzene rings is 3. The summed E-state index contributed by atoms with van der Waals surface area (Å²) in [4.78, 5) is 37.3. The first kappa shape index (κ1) is 22.1. The molecule has 3 aromatic rings. The number of carbonyl (C=O) groups excluding carboxylic acids is 3. The van der Waals surface area contributed by atoms with Gasteiger partial charge in [0, 0.05) is 15.4 Å². The number of hydrogen-bond donors (Lipinski definition) is 1. The van der Waals surface area contributed by atoms with Crippen molar-refractivity contribution in [2.75, 3.05) is 18.5 Å². The van der Waals surface area contributed by atoms with Crippen LogP contribution in [0.25, 0.3) is 0 Å². The van der Waals surface area contributed by atoms with Gasteiger partial charge in [0.2, 0.25) is 0 Å². The summed E-state index contributed by atoms with van der Waals surface area (Å²) in [7, 11) is 0. The van der Waals surface area contributed by atoms with Gasteiger partial charge >= 0.3 is 5.97 Å². The zero-order valence-electron chi connectivity index (χ0n) is 16.9.